The van der Waals surface area contributed by atoms with Crippen LogP contribution in [0.5, 0.6) is 5.75 Å². The molecule has 0 aliphatic rings. The second-order valence-electron chi connectivity index (χ2n) is 3.83. The average molecular weight is 247 g/mol. The van der Waals surface area contributed by atoms with Crippen molar-refractivity contribution in [1.82, 2.24) is 20.2 Å². The Bertz CT molecular complexity index is 497. The lowest BCUT2D eigenvalue weighted by atomic mass is 10.2. The third-order valence-corrected chi connectivity index (χ3v) is 2.51. The van der Waals surface area contributed by atoms with Crippen molar-refractivity contribution in [2.24, 2.45) is 5.73 Å². The van der Waals surface area contributed by atoms with Crippen LogP contribution in [0.15, 0.2) is 24.3 Å². The molecule has 0 bridgehead atoms. The minimum absolute atomic E-state index is 0.631. The Morgan fingerprint density at radius 3 is 3.06 bits per heavy atom. The van der Waals surface area contributed by atoms with E-state index in [-0.39, 0.29) is 0 Å². The molecule has 0 aliphatic carbocycles. The molecule has 1 heterocycles. The molecule has 0 atom stereocenters. The van der Waals surface area contributed by atoms with Gasteiger partial charge in [0, 0.05) is 12.5 Å². The van der Waals surface area contributed by atoms with Crippen LogP contribution in [0, 0.1) is 0 Å². The van der Waals surface area contributed by atoms with Gasteiger partial charge in [-0.05, 0) is 42.4 Å². The van der Waals surface area contributed by atoms with E-state index in [0.29, 0.717) is 13.2 Å². The zero-order valence-corrected chi connectivity index (χ0v) is 10.4. The molecular formula is C12H17N5O. The number of aryl methyl sites for hydroxylation is 1. The molecule has 6 nitrogen and oxygen atoms in total. The molecule has 0 saturated carbocycles. The highest BCUT2D eigenvalue weighted by Gasteiger charge is 2.08. The van der Waals surface area contributed by atoms with Crippen LogP contribution in [0.1, 0.15) is 19.2 Å². The molecule has 18 heavy (non-hydrogen) atoms. The number of nitrogens with zero attached hydrogens (tertiary/aromatic N) is 4. The van der Waals surface area contributed by atoms with Crippen LogP contribution in [0.2, 0.25) is 0 Å². The predicted octanol–water partition coefficient (Wildman–Crippen LogP) is 0.952. The molecule has 1 aromatic heterocycles. The van der Waals surface area contributed by atoms with Crippen molar-refractivity contribution in [3.05, 3.63) is 30.1 Å². The minimum Gasteiger partial charge on any atom is -0.494 e. The normalized spacial score (nSPS) is 10.6. The molecule has 0 fully saturated rings. The van der Waals surface area contributed by atoms with Gasteiger partial charge >= 0.3 is 0 Å². The van der Waals surface area contributed by atoms with E-state index >= 15 is 0 Å². The Hall–Kier alpha value is -1.95. The van der Waals surface area contributed by atoms with Gasteiger partial charge in [-0.2, -0.15) is 4.68 Å². The lowest BCUT2D eigenvalue weighted by Crippen LogP contribution is -2.07. The highest BCUT2D eigenvalue weighted by molar-refractivity contribution is 5.38. The second-order valence-corrected chi connectivity index (χ2v) is 3.83. The fourth-order valence-corrected chi connectivity index (χ4v) is 1.69. The quantitative estimate of drug-likeness (QED) is 0.822. The number of rotatable bonds is 6. The number of hydrogen-bond donors (Lipinski definition) is 1. The monoisotopic (exact) mass is 247 g/mol. The largest absolute Gasteiger partial charge is 0.494 e. The minimum atomic E-state index is 0.631. The van der Waals surface area contributed by atoms with E-state index in [4.69, 9.17) is 10.5 Å². The first kappa shape index (κ1) is 12.5. The molecule has 2 aromatic rings. The SMILES string of the molecule is CCOc1cccc(-n2nnnc2CCCN)c1. The van der Waals surface area contributed by atoms with Gasteiger partial charge in [0.05, 0.1) is 12.3 Å². The van der Waals surface area contributed by atoms with Crippen molar-refractivity contribution < 1.29 is 4.74 Å². The molecule has 1 aromatic carbocycles. The van der Waals surface area contributed by atoms with Gasteiger partial charge in [-0.15, -0.1) is 5.10 Å². The van der Waals surface area contributed by atoms with Crippen LogP contribution < -0.4 is 10.5 Å². The summed E-state index contributed by atoms with van der Waals surface area (Å²) < 4.78 is 7.18. The van der Waals surface area contributed by atoms with E-state index < -0.39 is 0 Å². The molecule has 6 heteroatoms. The summed E-state index contributed by atoms with van der Waals surface area (Å²) in [5.41, 5.74) is 6.40. The van der Waals surface area contributed by atoms with Gasteiger partial charge in [0.1, 0.15) is 5.75 Å². The maximum Gasteiger partial charge on any atom is 0.156 e. The van der Waals surface area contributed by atoms with Gasteiger partial charge in [0.15, 0.2) is 5.82 Å². The zero-order valence-electron chi connectivity index (χ0n) is 10.4. The number of hydrogen-bond acceptors (Lipinski definition) is 5. The molecule has 0 spiro atoms. The summed E-state index contributed by atoms with van der Waals surface area (Å²) in [7, 11) is 0. The first-order valence-electron chi connectivity index (χ1n) is 6.05. The number of tetrazole rings is 1. The molecular weight excluding hydrogens is 230 g/mol. The van der Waals surface area contributed by atoms with E-state index in [1.165, 1.54) is 0 Å². The number of aromatic nitrogens is 4. The van der Waals surface area contributed by atoms with E-state index in [1.807, 2.05) is 31.2 Å². The highest BCUT2D eigenvalue weighted by atomic mass is 16.5. The smallest absolute Gasteiger partial charge is 0.156 e. The molecule has 0 aliphatic heterocycles. The number of nitrogens with two attached hydrogens (primary N) is 1. The zero-order chi connectivity index (χ0) is 12.8. The number of benzene rings is 1. The summed E-state index contributed by atoms with van der Waals surface area (Å²) in [5, 5.41) is 11.7. The fourth-order valence-electron chi connectivity index (χ4n) is 1.69. The Morgan fingerprint density at radius 2 is 2.28 bits per heavy atom. The van der Waals surface area contributed by atoms with Crippen molar-refractivity contribution >= 4 is 0 Å². The third-order valence-electron chi connectivity index (χ3n) is 2.51. The Kier molecular flexibility index (Phi) is 4.25. The lowest BCUT2D eigenvalue weighted by molar-refractivity contribution is 0.340. The Morgan fingerprint density at radius 1 is 1.39 bits per heavy atom. The topological polar surface area (TPSA) is 78.8 Å². The van der Waals surface area contributed by atoms with Crippen LogP contribution >= 0.6 is 0 Å². The van der Waals surface area contributed by atoms with Crippen molar-refractivity contribution in [1.29, 1.82) is 0 Å². The average Bonchev–Trinajstić information content (AvgIpc) is 2.85. The van der Waals surface area contributed by atoms with E-state index in [1.54, 1.807) is 4.68 Å². The van der Waals surface area contributed by atoms with Crippen LogP contribution in [0.25, 0.3) is 5.69 Å². The highest BCUT2D eigenvalue weighted by Crippen LogP contribution is 2.17. The van der Waals surface area contributed by atoms with Crippen LogP contribution in [-0.2, 0) is 6.42 Å². The lowest BCUT2D eigenvalue weighted by Gasteiger charge is -2.07. The number of ether oxygens (including phenoxy) is 1. The molecule has 2 N–H and O–H groups in total. The Balaban J connectivity index is 2.24. The van der Waals surface area contributed by atoms with Gasteiger partial charge in [-0.25, -0.2) is 0 Å². The fraction of sp³-hybridized carbons (Fsp3) is 0.417. The van der Waals surface area contributed by atoms with E-state index in [0.717, 1.165) is 30.1 Å². The standard InChI is InChI=1S/C12H17N5O/c1-2-18-11-6-3-5-10(9-11)17-12(7-4-8-13)14-15-16-17/h3,5-6,9H,2,4,7-8,13H2,1H3. The summed E-state index contributed by atoms with van der Waals surface area (Å²) in [6.07, 6.45) is 1.63. The van der Waals surface area contributed by atoms with Crippen molar-refractivity contribution in [3.8, 4) is 11.4 Å². The maximum atomic E-state index is 5.50. The van der Waals surface area contributed by atoms with Gasteiger partial charge < -0.3 is 10.5 Å². The first-order valence-corrected chi connectivity index (χ1v) is 6.05. The predicted molar refractivity (Wildman–Crippen MR) is 67.7 cm³/mol. The molecule has 0 radical (unpaired) electrons. The molecule has 2 rings (SSSR count). The van der Waals surface area contributed by atoms with Gasteiger partial charge in [-0.3, -0.25) is 0 Å². The van der Waals surface area contributed by atoms with Gasteiger partial charge in [0.2, 0.25) is 0 Å². The maximum absolute atomic E-state index is 5.50. The van der Waals surface area contributed by atoms with Crippen LogP contribution in [0.3, 0.4) is 0 Å². The molecule has 0 unspecified atom stereocenters. The summed E-state index contributed by atoms with van der Waals surface area (Å²) in [4.78, 5) is 0. The molecule has 0 saturated heterocycles. The van der Waals surface area contributed by atoms with Crippen molar-refractivity contribution in [3.63, 3.8) is 0 Å². The summed E-state index contributed by atoms with van der Waals surface area (Å²) in [6, 6.07) is 7.71. The summed E-state index contributed by atoms with van der Waals surface area (Å²) in [5.74, 6) is 1.63. The summed E-state index contributed by atoms with van der Waals surface area (Å²) in [6.45, 7) is 3.22. The molecule has 96 valence electrons. The Labute approximate surface area is 106 Å². The van der Waals surface area contributed by atoms with E-state index in [2.05, 4.69) is 15.5 Å². The van der Waals surface area contributed by atoms with Crippen molar-refractivity contribution in [2.45, 2.75) is 19.8 Å². The van der Waals surface area contributed by atoms with Crippen LogP contribution in [-0.4, -0.2) is 33.4 Å². The van der Waals surface area contributed by atoms with Crippen molar-refractivity contribution in [2.75, 3.05) is 13.2 Å². The second kappa shape index (κ2) is 6.11. The van der Waals surface area contributed by atoms with Gasteiger partial charge in [-0.1, -0.05) is 6.07 Å². The first-order chi connectivity index (χ1) is 8.85. The van der Waals surface area contributed by atoms with E-state index in [9.17, 15) is 0 Å². The molecule has 0 amide bonds. The summed E-state index contributed by atoms with van der Waals surface area (Å²) >= 11 is 0. The van der Waals surface area contributed by atoms with Gasteiger partial charge in [0.25, 0.3) is 0 Å². The van der Waals surface area contributed by atoms with Crippen LogP contribution in [0.4, 0.5) is 0 Å². The third kappa shape index (κ3) is 2.84.